The van der Waals surface area contributed by atoms with Crippen molar-refractivity contribution in [1.29, 1.82) is 0 Å². The summed E-state index contributed by atoms with van der Waals surface area (Å²) in [6.45, 7) is 0.730. The van der Waals surface area contributed by atoms with Gasteiger partial charge in [-0.05, 0) is 31.3 Å². The minimum atomic E-state index is -0.916. The van der Waals surface area contributed by atoms with E-state index < -0.39 is 28.4 Å². The number of amides is 1. The van der Waals surface area contributed by atoms with Gasteiger partial charge in [0.25, 0.3) is 11.6 Å². The Balaban J connectivity index is 2.02. The summed E-state index contributed by atoms with van der Waals surface area (Å²) < 4.78 is 0. The monoisotopic (exact) mass is 421 g/mol. The summed E-state index contributed by atoms with van der Waals surface area (Å²) in [6.07, 6.45) is 2.90. The molecule has 0 radical (unpaired) electrons. The normalized spacial score (nSPS) is 16.5. The Labute approximate surface area is 179 Å². The van der Waals surface area contributed by atoms with Crippen molar-refractivity contribution in [1.82, 2.24) is 9.80 Å². The molecular formula is C23H23N3O5. The molecular weight excluding hydrogens is 398 g/mol. The number of ketones is 1. The molecule has 1 N–H and O–H groups in total. The Morgan fingerprint density at radius 2 is 1.90 bits per heavy atom. The summed E-state index contributed by atoms with van der Waals surface area (Å²) >= 11 is 0. The molecule has 8 nitrogen and oxygen atoms in total. The van der Waals surface area contributed by atoms with E-state index in [-0.39, 0.29) is 17.8 Å². The Bertz CT molecular complexity index is 1060. The number of benzene rings is 2. The number of aliphatic hydroxyl groups is 1. The van der Waals surface area contributed by atoms with Gasteiger partial charge in [0.15, 0.2) is 11.5 Å². The quantitative estimate of drug-likeness (QED) is 0.399. The molecule has 0 fully saturated rings. The van der Waals surface area contributed by atoms with Gasteiger partial charge in [-0.15, -0.1) is 0 Å². The molecule has 1 aliphatic rings. The zero-order valence-electron chi connectivity index (χ0n) is 17.3. The maximum atomic E-state index is 13.0. The standard InChI is InChI=1S/C23H23N3O5/c1-24(2)13-14-25-21(17-9-6-10-18(15-17)26(30)31)20(22(28)23(25)29)19(27)12-11-16-7-4-3-5-8-16/h3-12,15,21,28H,13-14H2,1-2H3/b12-11+. The van der Waals surface area contributed by atoms with Gasteiger partial charge in [0, 0.05) is 25.2 Å². The zero-order valence-corrected chi connectivity index (χ0v) is 17.3. The summed E-state index contributed by atoms with van der Waals surface area (Å²) in [5, 5.41) is 21.8. The second-order valence-corrected chi connectivity index (χ2v) is 7.43. The lowest BCUT2D eigenvalue weighted by molar-refractivity contribution is -0.384. The van der Waals surface area contributed by atoms with Crippen LogP contribution in [0.4, 0.5) is 5.69 Å². The van der Waals surface area contributed by atoms with E-state index in [0.29, 0.717) is 12.1 Å². The number of carbonyl (C=O) groups is 2. The van der Waals surface area contributed by atoms with Crippen LogP contribution in [0.25, 0.3) is 6.08 Å². The first kappa shape index (κ1) is 21.9. The van der Waals surface area contributed by atoms with Gasteiger partial charge in [-0.25, -0.2) is 0 Å². The molecule has 0 saturated heterocycles. The van der Waals surface area contributed by atoms with E-state index in [0.717, 1.165) is 5.56 Å². The molecule has 0 aliphatic carbocycles. The number of allylic oxidation sites excluding steroid dienone is 1. The number of likely N-dealkylation sites (N-methyl/N-ethyl adjacent to an activating group) is 1. The smallest absolute Gasteiger partial charge is 0.290 e. The van der Waals surface area contributed by atoms with Crippen molar-refractivity contribution in [2.24, 2.45) is 0 Å². The van der Waals surface area contributed by atoms with Crippen LogP contribution < -0.4 is 0 Å². The fraction of sp³-hybridized carbons (Fsp3) is 0.217. The molecule has 8 heteroatoms. The second kappa shape index (κ2) is 9.36. The third-order valence-electron chi connectivity index (χ3n) is 4.98. The molecule has 1 amide bonds. The SMILES string of the molecule is CN(C)CCN1C(=O)C(O)=C(C(=O)/C=C/c2ccccc2)C1c1cccc([N+](=O)[O-])c1. The first-order valence-corrected chi connectivity index (χ1v) is 9.70. The van der Waals surface area contributed by atoms with Gasteiger partial charge in [-0.3, -0.25) is 19.7 Å². The lowest BCUT2D eigenvalue weighted by atomic mass is 9.95. The van der Waals surface area contributed by atoms with Crippen molar-refractivity contribution in [3.63, 3.8) is 0 Å². The Morgan fingerprint density at radius 3 is 2.55 bits per heavy atom. The Kier molecular flexibility index (Phi) is 6.61. The van der Waals surface area contributed by atoms with Crippen LogP contribution in [0, 0.1) is 10.1 Å². The molecule has 2 aromatic carbocycles. The molecule has 1 atom stereocenters. The van der Waals surface area contributed by atoms with Gasteiger partial charge in [0.05, 0.1) is 16.5 Å². The number of carbonyl (C=O) groups excluding carboxylic acids is 2. The van der Waals surface area contributed by atoms with Crippen molar-refractivity contribution in [2.45, 2.75) is 6.04 Å². The van der Waals surface area contributed by atoms with E-state index in [1.165, 1.54) is 29.2 Å². The predicted octanol–water partition coefficient (Wildman–Crippen LogP) is 3.13. The minimum Gasteiger partial charge on any atom is -0.503 e. The Hall–Kier alpha value is -3.78. The number of hydrogen-bond donors (Lipinski definition) is 1. The predicted molar refractivity (Wildman–Crippen MR) is 116 cm³/mol. The van der Waals surface area contributed by atoms with E-state index in [1.807, 2.05) is 49.3 Å². The highest BCUT2D eigenvalue weighted by Gasteiger charge is 2.43. The van der Waals surface area contributed by atoms with Crippen LogP contribution in [0.2, 0.25) is 0 Å². The van der Waals surface area contributed by atoms with Crippen LogP contribution in [-0.2, 0) is 9.59 Å². The van der Waals surface area contributed by atoms with Gasteiger partial charge >= 0.3 is 0 Å². The molecule has 1 heterocycles. The fourth-order valence-corrected chi connectivity index (χ4v) is 3.42. The average Bonchev–Trinajstić information content (AvgIpc) is 3.01. The summed E-state index contributed by atoms with van der Waals surface area (Å²) in [4.78, 5) is 39.8. The van der Waals surface area contributed by atoms with E-state index in [2.05, 4.69) is 0 Å². The fourth-order valence-electron chi connectivity index (χ4n) is 3.42. The highest BCUT2D eigenvalue weighted by molar-refractivity contribution is 6.14. The van der Waals surface area contributed by atoms with Gasteiger partial charge < -0.3 is 14.9 Å². The number of nitro benzene ring substituents is 1. The van der Waals surface area contributed by atoms with Gasteiger partial charge in [-0.1, -0.05) is 48.5 Å². The molecule has 2 aromatic rings. The summed E-state index contributed by atoms with van der Waals surface area (Å²) in [6, 6.07) is 14.0. The first-order valence-electron chi connectivity index (χ1n) is 9.70. The third-order valence-corrected chi connectivity index (χ3v) is 4.98. The number of non-ortho nitro benzene ring substituents is 1. The third kappa shape index (κ3) is 4.87. The van der Waals surface area contributed by atoms with E-state index >= 15 is 0 Å². The van der Waals surface area contributed by atoms with Gasteiger partial charge in [0.2, 0.25) is 0 Å². The van der Waals surface area contributed by atoms with Gasteiger partial charge in [-0.2, -0.15) is 0 Å². The molecule has 0 bridgehead atoms. The first-order chi connectivity index (χ1) is 14.8. The molecule has 160 valence electrons. The summed E-state index contributed by atoms with van der Waals surface area (Å²) in [5.41, 5.74) is 0.936. The number of nitrogens with zero attached hydrogens (tertiary/aromatic N) is 3. The van der Waals surface area contributed by atoms with Gasteiger partial charge in [0.1, 0.15) is 0 Å². The zero-order chi connectivity index (χ0) is 22.5. The van der Waals surface area contributed by atoms with E-state index in [9.17, 15) is 24.8 Å². The molecule has 3 rings (SSSR count). The van der Waals surface area contributed by atoms with Crippen LogP contribution in [0.15, 0.2) is 72.0 Å². The highest BCUT2D eigenvalue weighted by Crippen LogP contribution is 2.38. The maximum absolute atomic E-state index is 13.0. The number of rotatable bonds is 8. The minimum absolute atomic E-state index is 0.0866. The largest absolute Gasteiger partial charge is 0.503 e. The van der Waals surface area contributed by atoms with Crippen LogP contribution in [0.3, 0.4) is 0 Å². The number of aliphatic hydroxyl groups excluding tert-OH is 1. The maximum Gasteiger partial charge on any atom is 0.290 e. The van der Waals surface area contributed by atoms with Crippen molar-refractivity contribution in [3.05, 3.63) is 93.2 Å². The molecule has 1 unspecified atom stereocenters. The second-order valence-electron chi connectivity index (χ2n) is 7.43. The Morgan fingerprint density at radius 1 is 1.19 bits per heavy atom. The molecule has 31 heavy (non-hydrogen) atoms. The van der Waals surface area contributed by atoms with Crippen LogP contribution >= 0.6 is 0 Å². The van der Waals surface area contributed by atoms with Crippen molar-refractivity contribution in [2.75, 3.05) is 27.2 Å². The van der Waals surface area contributed by atoms with Crippen molar-refractivity contribution in [3.8, 4) is 0 Å². The topological polar surface area (TPSA) is 104 Å². The van der Waals surface area contributed by atoms with Crippen molar-refractivity contribution < 1.29 is 19.6 Å². The summed E-state index contributed by atoms with van der Waals surface area (Å²) in [7, 11) is 3.68. The number of nitro groups is 1. The van der Waals surface area contributed by atoms with E-state index in [1.54, 1.807) is 12.1 Å². The highest BCUT2D eigenvalue weighted by atomic mass is 16.6. The van der Waals surface area contributed by atoms with Crippen LogP contribution in [0.1, 0.15) is 17.2 Å². The van der Waals surface area contributed by atoms with Crippen molar-refractivity contribution >= 4 is 23.5 Å². The van der Waals surface area contributed by atoms with Crippen LogP contribution in [0.5, 0.6) is 0 Å². The molecule has 0 saturated carbocycles. The molecule has 1 aliphatic heterocycles. The average molecular weight is 421 g/mol. The number of hydrogen-bond acceptors (Lipinski definition) is 6. The van der Waals surface area contributed by atoms with Crippen LogP contribution in [-0.4, -0.2) is 58.7 Å². The summed E-state index contributed by atoms with van der Waals surface area (Å²) in [5.74, 6) is -1.83. The lowest BCUT2D eigenvalue weighted by Crippen LogP contribution is -2.36. The van der Waals surface area contributed by atoms with E-state index in [4.69, 9.17) is 0 Å². The lowest BCUT2D eigenvalue weighted by Gasteiger charge is -2.27. The molecule has 0 aromatic heterocycles. The molecule has 0 spiro atoms.